The molecule has 0 aliphatic carbocycles. The number of carbonyl (C=O) groups is 2. The SMILES string of the molecule is CCCCC/C=C\C/C=C\CCCCCCCC(=O)OCC(CCNCC)OC(=O)CCCCCCC/C=C\C/C=C\CCCCC. The average Bonchev–Trinajstić information content (AvgIpc) is 3.07. The highest BCUT2D eigenvalue weighted by Gasteiger charge is 2.16. The van der Waals surface area contributed by atoms with E-state index in [4.69, 9.17) is 9.47 Å². The zero-order chi connectivity index (χ0) is 34.3. The van der Waals surface area contributed by atoms with Crippen molar-refractivity contribution in [2.24, 2.45) is 0 Å². The fraction of sp³-hybridized carbons (Fsp3) is 0.762. The Hall–Kier alpha value is -2.14. The van der Waals surface area contributed by atoms with Crippen LogP contribution in [0, 0.1) is 0 Å². The molecule has 0 saturated carbocycles. The van der Waals surface area contributed by atoms with Crippen LogP contribution in [-0.2, 0) is 19.1 Å². The third kappa shape index (κ3) is 36.5. The lowest BCUT2D eigenvalue weighted by Crippen LogP contribution is -2.29. The number of unbranched alkanes of at least 4 members (excludes halogenated alkanes) is 16. The lowest BCUT2D eigenvalue weighted by molar-refractivity contribution is -0.159. The molecular weight excluding hydrogens is 582 g/mol. The van der Waals surface area contributed by atoms with Gasteiger partial charge < -0.3 is 14.8 Å². The predicted octanol–water partition coefficient (Wildman–Crippen LogP) is 12.1. The summed E-state index contributed by atoms with van der Waals surface area (Å²) in [6.07, 6.45) is 44.9. The first-order valence-corrected chi connectivity index (χ1v) is 19.8. The van der Waals surface area contributed by atoms with Crippen molar-refractivity contribution >= 4 is 11.9 Å². The standard InChI is InChI=1S/C42H75NO4/c1-4-7-9-11-13-15-17-19-21-23-25-27-29-31-33-35-41(44)46-39-40(37-38-43-6-3)47-42(45)36-34-32-30-28-26-24-22-20-18-16-14-12-10-8-5-2/h13-16,19-22,40,43H,4-12,17-18,23-39H2,1-3H3/b15-13-,16-14-,21-19-,22-20-. The highest BCUT2D eigenvalue weighted by molar-refractivity contribution is 5.70. The molecule has 1 atom stereocenters. The minimum atomic E-state index is -0.381. The van der Waals surface area contributed by atoms with E-state index in [-0.39, 0.29) is 24.6 Å². The first kappa shape index (κ1) is 44.9. The van der Waals surface area contributed by atoms with Gasteiger partial charge in [-0.1, -0.05) is 134 Å². The van der Waals surface area contributed by atoms with Gasteiger partial charge in [0.2, 0.25) is 0 Å². The van der Waals surface area contributed by atoms with Crippen LogP contribution in [0.5, 0.6) is 0 Å². The van der Waals surface area contributed by atoms with E-state index in [2.05, 4.69) is 74.7 Å². The number of rotatable bonds is 35. The Kier molecular flexibility index (Phi) is 36.6. The van der Waals surface area contributed by atoms with Gasteiger partial charge in [-0.25, -0.2) is 0 Å². The molecule has 0 bridgehead atoms. The van der Waals surface area contributed by atoms with E-state index in [1.807, 2.05) is 0 Å². The molecule has 1 N–H and O–H groups in total. The zero-order valence-corrected chi connectivity index (χ0v) is 31.1. The number of ether oxygens (including phenoxy) is 2. The summed E-state index contributed by atoms with van der Waals surface area (Å²) in [4.78, 5) is 24.8. The molecule has 0 saturated heterocycles. The van der Waals surface area contributed by atoms with Crippen molar-refractivity contribution < 1.29 is 19.1 Å². The number of hydrogen-bond donors (Lipinski definition) is 1. The highest BCUT2D eigenvalue weighted by atomic mass is 16.6. The molecule has 0 aliphatic rings. The molecule has 0 aliphatic heterocycles. The van der Waals surface area contributed by atoms with Gasteiger partial charge in [-0.2, -0.15) is 0 Å². The maximum Gasteiger partial charge on any atom is 0.306 e. The van der Waals surface area contributed by atoms with E-state index in [0.717, 1.165) is 77.3 Å². The second kappa shape index (κ2) is 38.3. The van der Waals surface area contributed by atoms with E-state index in [1.165, 1.54) is 77.0 Å². The minimum absolute atomic E-state index is 0.151. The first-order chi connectivity index (χ1) is 23.1. The number of nitrogens with one attached hydrogen (secondary N) is 1. The summed E-state index contributed by atoms with van der Waals surface area (Å²) in [6.45, 7) is 8.28. The maximum atomic E-state index is 12.5. The number of carbonyl (C=O) groups excluding carboxylic acids is 2. The molecule has 0 radical (unpaired) electrons. The summed E-state index contributed by atoms with van der Waals surface area (Å²) in [5, 5.41) is 3.28. The van der Waals surface area contributed by atoms with Gasteiger partial charge in [-0.15, -0.1) is 0 Å². The molecule has 0 spiro atoms. The summed E-state index contributed by atoms with van der Waals surface area (Å²) in [5.41, 5.74) is 0. The Labute approximate surface area is 291 Å². The molecular formula is C42H75NO4. The van der Waals surface area contributed by atoms with Crippen molar-refractivity contribution in [2.45, 2.75) is 187 Å². The molecule has 5 heteroatoms. The smallest absolute Gasteiger partial charge is 0.306 e. The third-order valence-corrected chi connectivity index (χ3v) is 8.28. The molecule has 0 aromatic rings. The first-order valence-electron chi connectivity index (χ1n) is 19.8. The number of esters is 2. The minimum Gasteiger partial charge on any atom is -0.462 e. The van der Waals surface area contributed by atoms with Crippen LogP contribution in [0.2, 0.25) is 0 Å². The molecule has 0 rings (SSSR count). The monoisotopic (exact) mass is 658 g/mol. The number of allylic oxidation sites excluding steroid dienone is 8. The largest absolute Gasteiger partial charge is 0.462 e. The molecule has 0 aromatic heterocycles. The van der Waals surface area contributed by atoms with Crippen LogP contribution >= 0.6 is 0 Å². The van der Waals surface area contributed by atoms with Gasteiger partial charge in [0.15, 0.2) is 0 Å². The van der Waals surface area contributed by atoms with Crippen LogP contribution < -0.4 is 5.32 Å². The van der Waals surface area contributed by atoms with Crippen molar-refractivity contribution in [1.29, 1.82) is 0 Å². The van der Waals surface area contributed by atoms with E-state index in [0.29, 0.717) is 19.3 Å². The molecule has 47 heavy (non-hydrogen) atoms. The predicted molar refractivity (Wildman–Crippen MR) is 203 cm³/mol. The normalized spacial score (nSPS) is 12.7. The summed E-state index contributed by atoms with van der Waals surface area (Å²) in [7, 11) is 0. The third-order valence-electron chi connectivity index (χ3n) is 8.28. The summed E-state index contributed by atoms with van der Waals surface area (Å²) in [6, 6.07) is 0. The zero-order valence-electron chi connectivity index (χ0n) is 31.1. The Morgan fingerprint density at radius 1 is 0.532 bits per heavy atom. The van der Waals surface area contributed by atoms with Crippen molar-refractivity contribution in [3.63, 3.8) is 0 Å². The second-order valence-corrected chi connectivity index (χ2v) is 12.9. The van der Waals surface area contributed by atoms with Crippen molar-refractivity contribution in [3.8, 4) is 0 Å². The number of hydrogen-bond acceptors (Lipinski definition) is 5. The molecule has 0 heterocycles. The Bertz CT molecular complexity index is 800. The van der Waals surface area contributed by atoms with Crippen LogP contribution in [-0.4, -0.2) is 37.7 Å². The van der Waals surface area contributed by atoms with Crippen molar-refractivity contribution in [1.82, 2.24) is 5.32 Å². The van der Waals surface area contributed by atoms with Gasteiger partial charge in [-0.05, 0) is 90.1 Å². The average molecular weight is 658 g/mol. The lowest BCUT2D eigenvalue weighted by atomic mass is 10.1. The van der Waals surface area contributed by atoms with Crippen LogP contribution in [0.1, 0.15) is 181 Å². The summed E-state index contributed by atoms with van der Waals surface area (Å²) >= 11 is 0. The van der Waals surface area contributed by atoms with Gasteiger partial charge >= 0.3 is 11.9 Å². The van der Waals surface area contributed by atoms with Crippen LogP contribution in [0.25, 0.3) is 0 Å². The topological polar surface area (TPSA) is 64.6 Å². The molecule has 5 nitrogen and oxygen atoms in total. The van der Waals surface area contributed by atoms with Gasteiger partial charge in [0.05, 0.1) is 0 Å². The Balaban J connectivity index is 3.91. The van der Waals surface area contributed by atoms with E-state index < -0.39 is 0 Å². The van der Waals surface area contributed by atoms with Gasteiger partial charge in [0.25, 0.3) is 0 Å². The fourth-order valence-electron chi connectivity index (χ4n) is 5.28. The van der Waals surface area contributed by atoms with E-state index in [9.17, 15) is 9.59 Å². The molecule has 0 fully saturated rings. The molecule has 0 amide bonds. The lowest BCUT2D eigenvalue weighted by Gasteiger charge is -2.18. The Morgan fingerprint density at radius 3 is 1.43 bits per heavy atom. The highest BCUT2D eigenvalue weighted by Crippen LogP contribution is 2.12. The van der Waals surface area contributed by atoms with Gasteiger partial charge in [0, 0.05) is 19.3 Å². The van der Waals surface area contributed by atoms with Crippen LogP contribution in [0.3, 0.4) is 0 Å². The molecule has 272 valence electrons. The van der Waals surface area contributed by atoms with E-state index in [1.54, 1.807) is 0 Å². The molecule has 0 aromatic carbocycles. The second-order valence-electron chi connectivity index (χ2n) is 12.9. The summed E-state index contributed by atoms with van der Waals surface area (Å²) < 4.78 is 11.2. The molecule has 1 unspecified atom stereocenters. The van der Waals surface area contributed by atoms with Gasteiger partial charge in [-0.3, -0.25) is 9.59 Å². The summed E-state index contributed by atoms with van der Waals surface area (Å²) in [5.74, 6) is -0.365. The van der Waals surface area contributed by atoms with Crippen molar-refractivity contribution in [2.75, 3.05) is 19.7 Å². The van der Waals surface area contributed by atoms with E-state index >= 15 is 0 Å². The Morgan fingerprint density at radius 2 is 0.957 bits per heavy atom. The maximum absolute atomic E-state index is 12.5. The fourth-order valence-corrected chi connectivity index (χ4v) is 5.28. The van der Waals surface area contributed by atoms with Crippen LogP contribution in [0.15, 0.2) is 48.6 Å². The van der Waals surface area contributed by atoms with Crippen molar-refractivity contribution in [3.05, 3.63) is 48.6 Å². The van der Waals surface area contributed by atoms with Gasteiger partial charge in [0.1, 0.15) is 12.7 Å². The van der Waals surface area contributed by atoms with Crippen LogP contribution in [0.4, 0.5) is 0 Å². The quantitative estimate of drug-likeness (QED) is 0.0417.